The molecule has 0 amide bonds. The number of aliphatic hydroxyl groups is 1. The van der Waals surface area contributed by atoms with Crippen LogP contribution < -0.4 is 0 Å². The number of aliphatic hydroxyl groups excluding tert-OH is 1. The van der Waals surface area contributed by atoms with Crippen LogP contribution in [-0.4, -0.2) is 35.8 Å². The van der Waals surface area contributed by atoms with E-state index in [-0.39, 0.29) is 6.04 Å². The molecule has 4 nitrogen and oxygen atoms in total. The third-order valence-corrected chi connectivity index (χ3v) is 5.21. The highest BCUT2D eigenvalue weighted by Crippen LogP contribution is 2.27. The lowest BCUT2D eigenvalue weighted by atomic mass is 10.0. The Morgan fingerprint density at radius 2 is 2.32 bits per heavy atom. The Kier molecular flexibility index (Phi) is 4.98. The van der Waals surface area contributed by atoms with Gasteiger partial charge in [-0.2, -0.15) is 0 Å². The minimum Gasteiger partial charge on any atom is -0.466 e. The molecule has 120 valence electrons. The van der Waals surface area contributed by atoms with Gasteiger partial charge in [0.15, 0.2) is 0 Å². The van der Waals surface area contributed by atoms with E-state index in [1.165, 1.54) is 5.56 Å². The van der Waals surface area contributed by atoms with Crippen LogP contribution in [0.3, 0.4) is 0 Å². The number of ether oxygens (including phenoxy) is 1. The van der Waals surface area contributed by atoms with Crippen LogP contribution in [0.2, 0.25) is 0 Å². The van der Waals surface area contributed by atoms with Gasteiger partial charge in [-0.3, -0.25) is 4.90 Å². The predicted octanol–water partition coefficient (Wildman–Crippen LogP) is 3.28. The van der Waals surface area contributed by atoms with Crippen molar-refractivity contribution in [3.8, 4) is 0 Å². The van der Waals surface area contributed by atoms with Gasteiger partial charge in [0.05, 0.1) is 19.3 Å². The lowest BCUT2D eigenvalue weighted by Crippen LogP contribution is -2.45. The minimum absolute atomic E-state index is 0.237. The van der Waals surface area contributed by atoms with Crippen molar-refractivity contribution in [2.24, 2.45) is 0 Å². The van der Waals surface area contributed by atoms with Crippen LogP contribution >= 0.6 is 11.3 Å². The molecule has 2 aromatic heterocycles. The number of morpholine rings is 1. The molecule has 3 rings (SSSR count). The first-order valence-electron chi connectivity index (χ1n) is 7.72. The van der Waals surface area contributed by atoms with Crippen LogP contribution in [-0.2, 0) is 11.3 Å². The monoisotopic (exact) mass is 321 g/mol. The van der Waals surface area contributed by atoms with Gasteiger partial charge in [0.25, 0.3) is 0 Å². The number of hydrogen-bond acceptors (Lipinski definition) is 5. The molecule has 5 heteroatoms. The Labute approximate surface area is 135 Å². The third-order valence-electron chi connectivity index (χ3n) is 4.23. The molecule has 1 aliphatic rings. The van der Waals surface area contributed by atoms with Crippen molar-refractivity contribution in [3.63, 3.8) is 0 Å². The van der Waals surface area contributed by atoms with Gasteiger partial charge >= 0.3 is 0 Å². The van der Waals surface area contributed by atoms with Crippen molar-refractivity contribution in [1.29, 1.82) is 0 Å². The molecule has 0 bridgehead atoms. The van der Waals surface area contributed by atoms with Crippen molar-refractivity contribution < 1.29 is 14.3 Å². The van der Waals surface area contributed by atoms with E-state index < -0.39 is 6.10 Å². The second kappa shape index (κ2) is 6.96. The second-order valence-electron chi connectivity index (χ2n) is 5.90. The van der Waals surface area contributed by atoms with Gasteiger partial charge in [0.1, 0.15) is 11.5 Å². The summed E-state index contributed by atoms with van der Waals surface area (Å²) < 4.78 is 11.3. The maximum absolute atomic E-state index is 10.4. The number of furan rings is 1. The van der Waals surface area contributed by atoms with Crippen LogP contribution in [0.1, 0.15) is 34.5 Å². The van der Waals surface area contributed by atoms with E-state index in [2.05, 4.69) is 11.0 Å². The summed E-state index contributed by atoms with van der Waals surface area (Å²) in [5.41, 5.74) is 1.23. The van der Waals surface area contributed by atoms with E-state index in [0.29, 0.717) is 13.0 Å². The van der Waals surface area contributed by atoms with E-state index >= 15 is 0 Å². The first-order chi connectivity index (χ1) is 10.6. The van der Waals surface area contributed by atoms with Gasteiger partial charge in [-0.25, -0.2) is 0 Å². The van der Waals surface area contributed by atoms with Crippen molar-refractivity contribution >= 4 is 11.3 Å². The largest absolute Gasteiger partial charge is 0.466 e. The average molecular weight is 321 g/mol. The quantitative estimate of drug-likeness (QED) is 0.918. The van der Waals surface area contributed by atoms with Crippen molar-refractivity contribution in [2.75, 3.05) is 19.8 Å². The topological polar surface area (TPSA) is 45.8 Å². The molecule has 1 saturated heterocycles. The highest BCUT2D eigenvalue weighted by molar-refractivity contribution is 7.10. The fourth-order valence-corrected chi connectivity index (χ4v) is 3.75. The summed E-state index contributed by atoms with van der Waals surface area (Å²) in [6.07, 6.45) is 0.289. The maximum Gasteiger partial charge on any atom is 0.105 e. The zero-order valence-corrected chi connectivity index (χ0v) is 13.9. The molecule has 1 fully saturated rings. The standard InChI is InChI=1S/C17H23NO3S/c1-12-8-14(13(2)21-12)10-18-5-6-20-11-15(18)9-16(19)17-4-3-7-22-17/h3-4,7-8,15-16,19H,5-6,9-11H2,1-2H3. The van der Waals surface area contributed by atoms with Crippen LogP contribution in [0.5, 0.6) is 0 Å². The molecule has 2 unspecified atom stereocenters. The summed E-state index contributed by atoms with van der Waals surface area (Å²) >= 11 is 1.61. The second-order valence-corrected chi connectivity index (χ2v) is 6.88. The fourth-order valence-electron chi connectivity index (χ4n) is 3.03. The summed E-state index contributed by atoms with van der Waals surface area (Å²) in [6.45, 7) is 7.17. The number of hydrogen-bond donors (Lipinski definition) is 1. The normalized spacial score (nSPS) is 21.1. The lowest BCUT2D eigenvalue weighted by Gasteiger charge is -2.36. The molecule has 0 aliphatic carbocycles. The van der Waals surface area contributed by atoms with E-state index in [0.717, 1.165) is 36.1 Å². The first kappa shape index (κ1) is 15.7. The van der Waals surface area contributed by atoms with Gasteiger partial charge in [-0.1, -0.05) is 6.07 Å². The van der Waals surface area contributed by atoms with Crippen LogP contribution in [0.4, 0.5) is 0 Å². The highest BCUT2D eigenvalue weighted by atomic mass is 32.1. The van der Waals surface area contributed by atoms with Crippen molar-refractivity contribution in [2.45, 2.75) is 39.0 Å². The van der Waals surface area contributed by atoms with Crippen LogP contribution in [0.15, 0.2) is 28.0 Å². The first-order valence-corrected chi connectivity index (χ1v) is 8.60. The number of thiophene rings is 1. The molecule has 1 N–H and O–H groups in total. The van der Waals surface area contributed by atoms with E-state index in [9.17, 15) is 5.11 Å². The van der Waals surface area contributed by atoms with Gasteiger partial charge in [-0.05, 0) is 37.8 Å². The molecule has 0 radical (unpaired) electrons. The maximum atomic E-state index is 10.4. The van der Waals surface area contributed by atoms with Gasteiger partial charge < -0.3 is 14.3 Å². The summed E-state index contributed by atoms with van der Waals surface area (Å²) in [4.78, 5) is 3.43. The molecular formula is C17H23NO3S. The summed E-state index contributed by atoms with van der Waals surface area (Å²) in [6, 6.07) is 6.32. The van der Waals surface area contributed by atoms with Gasteiger partial charge in [0.2, 0.25) is 0 Å². The number of rotatable bonds is 5. The minimum atomic E-state index is -0.415. The SMILES string of the molecule is Cc1cc(CN2CCOCC2CC(O)c2cccs2)c(C)o1. The smallest absolute Gasteiger partial charge is 0.105 e. The van der Waals surface area contributed by atoms with Crippen molar-refractivity contribution in [3.05, 3.63) is 45.5 Å². The molecule has 0 saturated carbocycles. The Balaban J connectivity index is 1.67. The average Bonchev–Trinajstić information content (AvgIpc) is 3.11. The summed E-state index contributed by atoms with van der Waals surface area (Å²) in [7, 11) is 0. The van der Waals surface area contributed by atoms with E-state index in [4.69, 9.17) is 9.15 Å². The molecule has 0 spiro atoms. The lowest BCUT2D eigenvalue weighted by molar-refractivity contribution is -0.0297. The molecule has 2 aromatic rings. The fraction of sp³-hybridized carbons (Fsp3) is 0.529. The summed E-state index contributed by atoms with van der Waals surface area (Å²) in [5.74, 6) is 1.94. The van der Waals surface area contributed by atoms with Crippen molar-refractivity contribution in [1.82, 2.24) is 4.90 Å². The van der Waals surface area contributed by atoms with Gasteiger partial charge in [0, 0.05) is 29.6 Å². The Morgan fingerprint density at radius 3 is 3.00 bits per heavy atom. The van der Waals surface area contributed by atoms with Gasteiger partial charge in [-0.15, -0.1) is 11.3 Å². The number of nitrogens with zero attached hydrogens (tertiary/aromatic N) is 1. The molecule has 22 heavy (non-hydrogen) atoms. The van der Waals surface area contributed by atoms with Crippen LogP contribution in [0, 0.1) is 13.8 Å². The van der Waals surface area contributed by atoms with E-state index in [1.807, 2.05) is 31.4 Å². The Hall–Kier alpha value is -1.14. The van der Waals surface area contributed by atoms with Crippen LogP contribution in [0.25, 0.3) is 0 Å². The molecule has 3 heterocycles. The summed E-state index contributed by atoms with van der Waals surface area (Å²) in [5, 5.41) is 12.4. The molecule has 2 atom stereocenters. The predicted molar refractivity (Wildman–Crippen MR) is 87.1 cm³/mol. The zero-order valence-electron chi connectivity index (χ0n) is 13.1. The Morgan fingerprint density at radius 1 is 1.45 bits per heavy atom. The molecule has 1 aliphatic heterocycles. The highest BCUT2D eigenvalue weighted by Gasteiger charge is 2.27. The Bertz CT molecular complexity index is 593. The zero-order chi connectivity index (χ0) is 15.5. The van der Waals surface area contributed by atoms with E-state index in [1.54, 1.807) is 11.3 Å². The number of aryl methyl sites for hydroxylation is 2. The third kappa shape index (κ3) is 3.60. The molecular weight excluding hydrogens is 298 g/mol. The molecule has 0 aromatic carbocycles.